The average Bonchev–Trinajstić information content (AvgIpc) is 3.09. The highest BCUT2D eigenvalue weighted by molar-refractivity contribution is 6.23. The Labute approximate surface area is 258 Å². The molecule has 0 fully saturated rings. The van der Waals surface area contributed by atoms with Crippen molar-refractivity contribution < 1.29 is 0 Å². The van der Waals surface area contributed by atoms with Crippen LogP contribution >= 0.6 is 0 Å². The van der Waals surface area contributed by atoms with Crippen LogP contribution in [0.1, 0.15) is 30.7 Å². The van der Waals surface area contributed by atoms with E-state index in [0.717, 1.165) is 6.42 Å². The molecule has 9 rings (SSSR count). The van der Waals surface area contributed by atoms with Gasteiger partial charge in [0.2, 0.25) is 0 Å². The third-order valence-corrected chi connectivity index (χ3v) is 9.85. The third-order valence-electron chi connectivity index (χ3n) is 9.85. The van der Waals surface area contributed by atoms with Crippen molar-refractivity contribution in [3.63, 3.8) is 0 Å². The molecule has 1 unspecified atom stereocenters. The van der Waals surface area contributed by atoms with Gasteiger partial charge in [-0.3, -0.25) is 0 Å². The predicted octanol–water partition coefficient (Wildman–Crippen LogP) is 12.3. The van der Waals surface area contributed by atoms with Crippen LogP contribution in [0.5, 0.6) is 0 Å². The van der Waals surface area contributed by atoms with Crippen molar-refractivity contribution in [2.45, 2.75) is 25.2 Å². The van der Waals surface area contributed by atoms with Crippen LogP contribution in [0.15, 0.2) is 163 Å². The molecule has 2 aliphatic carbocycles. The third kappa shape index (κ3) is 4.06. The zero-order chi connectivity index (χ0) is 29.0. The Morgan fingerprint density at radius 1 is 0.477 bits per heavy atom. The Balaban J connectivity index is 1.25. The molecule has 0 amide bonds. The first-order chi connectivity index (χ1) is 21.8. The van der Waals surface area contributed by atoms with Gasteiger partial charge in [0.1, 0.15) is 0 Å². The number of allylic oxidation sites excluding steroid dienone is 6. The van der Waals surface area contributed by atoms with E-state index < -0.39 is 0 Å². The molecule has 0 N–H and O–H groups in total. The Bertz CT molecular complexity index is 2300. The molecule has 0 aromatic heterocycles. The normalized spacial score (nSPS) is 16.3. The van der Waals surface area contributed by atoms with E-state index in [2.05, 4.69) is 152 Å². The summed E-state index contributed by atoms with van der Waals surface area (Å²) in [6.07, 6.45) is 12.9. The molecule has 0 bridgehead atoms. The second-order valence-corrected chi connectivity index (χ2v) is 12.4. The maximum absolute atomic E-state index is 2.43. The van der Waals surface area contributed by atoms with E-state index in [0.29, 0.717) is 5.92 Å². The molecule has 0 heterocycles. The SMILES string of the molecule is C1=CC2=C(C=CC(c3ccc4ccc(-c5c6ccccc6c(-c6cccc7ccccc67)c6ccccc56)cc4c3)C2)CC1. The van der Waals surface area contributed by atoms with Gasteiger partial charge in [-0.1, -0.05) is 146 Å². The highest BCUT2D eigenvalue weighted by atomic mass is 14.2. The first-order valence-electron chi connectivity index (χ1n) is 15.8. The molecule has 7 aromatic rings. The van der Waals surface area contributed by atoms with Gasteiger partial charge in [-0.05, 0) is 107 Å². The molecule has 0 nitrogen and oxygen atoms in total. The molecule has 0 aliphatic heterocycles. The van der Waals surface area contributed by atoms with Gasteiger partial charge >= 0.3 is 0 Å². The van der Waals surface area contributed by atoms with Crippen LogP contribution in [-0.2, 0) is 0 Å². The zero-order valence-corrected chi connectivity index (χ0v) is 24.6. The highest BCUT2D eigenvalue weighted by Crippen LogP contribution is 2.46. The van der Waals surface area contributed by atoms with Crippen LogP contribution in [0.4, 0.5) is 0 Å². The average molecular weight is 561 g/mol. The summed E-state index contributed by atoms with van der Waals surface area (Å²) in [6, 6.07) is 47.5. The summed E-state index contributed by atoms with van der Waals surface area (Å²) in [5, 5.41) is 10.3. The molecule has 2 aliphatic rings. The quantitative estimate of drug-likeness (QED) is 0.189. The lowest BCUT2D eigenvalue weighted by Crippen LogP contribution is -2.05. The summed E-state index contributed by atoms with van der Waals surface area (Å²) in [5.41, 5.74) is 9.63. The van der Waals surface area contributed by atoms with E-state index in [1.807, 2.05) is 0 Å². The Hall–Kier alpha value is -5.20. The molecule has 1 atom stereocenters. The maximum atomic E-state index is 2.43. The molecule has 0 spiro atoms. The van der Waals surface area contributed by atoms with Gasteiger partial charge in [-0.15, -0.1) is 0 Å². The fourth-order valence-electron chi connectivity index (χ4n) is 7.71. The number of fused-ring (bicyclic) bond motifs is 4. The van der Waals surface area contributed by atoms with Gasteiger partial charge in [0.25, 0.3) is 0 Å². The van der Waals surface area contributed by atoms with Gasteiger partial charge < -0.3 is 0 Å². The van der Waals surface area contributed by atoms with Crippen molar-refractivity contribution in [3.05, 3.63) is 168 Å². The van der Waals surface area contributed by atoms with Crippen molar-refractivity contribution in [2.75, 3.05) is 0 Å². The molecule has 44 heavy (non-hydrogen) atoms. The van der Waals surface area contributed by atoms with Crippen LogP contribution < -0.4 is 0 Å². The standard InChI is InChI=1S/C44H32/c1-2-12-32-26-33(23-20-29(32)10-1)34-24-21-30-22-25-35(28-36(30)27-34)43-39-15-5-7-17-41(39)44(42-18-8-6-16-40(42)43)38-19-9-13-31-11-3-4-14-37(31)38/h2-9,11-25,27-28,33H,1,10,26H2. The molecule has 7 aromatic carbocycles. The van der Waals surface area contributed by atoms with Crippen molar-refractivity contribution in [1.82, 2.24) is 0 Å². The van der Waals surface area contributed by atoms with Crippen LogP contribution in [-0.4, -0.2) is 0 Å². The van der Waals surface area contributed by atoms with E-state index in [1.54, 1.807) is 0 Å². The fourth-order valence-corrected chi connectivity index (χ4v) is 7.71. The summed E-state index contributed by atoms with van der Waals surface area (Å²) in [4.78, 5) is 0. The summed E-state index contributed by atoms with van der Waals surface area (Å²) in [6.45, 7) is 0. The summed E-state index contributed by atoms with van der Waals surface area (Å²) in [7, 11) is 0. The van der Waals surface area contributed by atoms with E-state index in [1.165, 1.54) is 94.9 Å². The van der Waals surface area contributed by atoms with Crippen molar-refractivity contribution in [2.24, 2.45) is 0 Å². The minimum absolute atomic E-state index is 0.422. The first kappa shape index (κ1) is 25.3. The number of benzene rings is 7. The van der Waals surface area contributed by atoms with Crippen molar-refractivity contribution in [1.29, 1.82) is 0 Å². The Morgan fingerprint density at radius 3 is 1.95 bits per heavy atom. The topological polar surface area (TPSA) is 0 Å². The molecule has 0 saturated carbocycles. The van der Waals surface area contributed by atoms with E-state index in [-0.39, 0.29) is 0 Å². The summed E-state index contributed by atoms with van der Waals surface area (Å²) >= 11 is 0. The zero-order valence-electron chi connectivity index (χ0n) is 24.6. The van der Waals surface area contributed by atoms with Gasteiger partial charge in [0, 0.05) is 5.92 Å². The first-order valence-corrected chi connectivity index (χ1v) is 15.8. The van der Waals surface area contributed by atoms with Gasteiger partial charge in [-0.2, -0.15) is 0 Å². The van der Waals surface area contributed by atoms with Crippen molar-refractivity contribution in [3.8, 4) is 22.3 Å². The number of rotatable bonds is 3. The second-order valence-electron chi connectivity index (χ2n) is 12.4. The minimum atomic E-state index is 0.422. The highest BCUT2D eigenvalue weighted by Gasteiger charge is 2.20. The Kier molecular flexibility index (Phi) is 5.87. The van der Waals surface area contributed by atoms with Gasteiger partial charge in [0.05, 0.1) is 0 Å². The summed E-state index contributed by atoms with van der Waals surface area (Å²) in [5.74, 6) is 0.422. The summed E-state index contributed by atoms with van der Waals surface area (Å²) < 4.78 is 0. The smallest absolute Gasteiger partial charge is 0.00619 e. The lowest BCUT2D eigenvalue weighted by molar-refractivity contribution is 0.792. The number of hydrogen-bond acceptors (Lipinski definition) is 0. The van der Waals surface area contributed by atoms with Gasteiger partial charge in [0.15, 0.2) is 0 Å². The van der Waals surface area contributed by atoms with E-state index in [9.17, 15) is 0 Å². The molecular weight excluding hydrogens is 528 g/mol. The molecule has 0 heteroatoms. The maximum Gasteiger partial charge on any atom is 0.00619 e. The molecule has 208 valence electrons. The van der Waals surface area contributed by atoms with Crippen LogP contribution in [0, 0.1) is 0 Å². The van der Waals surface area contributed by atoms with Gasteiger partial charge in [-0.25, -0.2) is 0 Å². The van der Waals surface area contributed by atoms with E-state index in [4.69, 9.17) is 0 Å². The largest absolute Gasteiger partial charge is 0.0839 e. The second kappa shape index (κ2) is 10.2. The van der Waals surface area contributed by atoms with E-state index >= 15 is 0 Å². The van der Waals surface area contributed by atoms with Crippen LogP contribution in [0.25, 0.3) is 65.3 Å². The monoisotopic (exact) mass is 560 g/mol. The lowest BCUT2D eigenvalue weighted by atomic mass is 9.81. The van der Waals surface area contributed by atoms with Crippen LogP contribution in [0.3, 0.4) is 0 Å². The molecule has 0 radical (unpaired) electrons. The fraction of sp³-hybridized carbons (Fsp3) is 0.0909. The van der Waals surface area contributed by atoms with Crippen molar-refractivity contribution >= 4 is 43.1 Å². The predicted molar refractivity (Wildman–Crippen MR) is 189 cm³/mol. The molecular formula is C44H32. The molecule has 0 saturated heterocycles. The Morgan fingerprint density at radius 2 is 1.16 bits per heavy atom. The minimum Gasteiger partial charge on any atom is -0.0839 e. The lowest BCUT2D eigenvalue weighted by Gasteiger charge is -2.23. The number of hydrogen-bond donors (Lipinski definition) is 0. The van der Waals surface area contributed by atoms with Crippen LogP contribution in [0.2, 0.25) is 0 Å².